The van der Waals surface area contributed by atoms with Crippen molar-refractivity contribution >= 4 is 63.5 Å². The summed E-state index contributed by atoms with van der Waals surface area (Å²) < 4.78 is 22.5. The minimum Gasteiger partial charge on any atom is -0.0622 e. The normalized spacial score (nSPS) is 11.1. The van der Waals surface area contributed by atoms with Crippen molar-refractivity contribution in [1.29, 1.82) is 0 Å². The van der Waals surface area contributed by atoms with E-state index in [0.717, 1.165) is 0 Å². The fraction of sp³-hybridized carbons (Fsp3) is 0.133. The van der Waals surface area contributed by atoms with Gasteiger partial charge in [-0.15, -0.1) is 0 Å². The molecule has 53 heavy (non-hydrogen) atoms. The maximum atomic E-state index is 7.50. The first-order chi connectivity index (χ1) is 25.8. The van der Waals surface area contributed by atoms with Gasteiger partial charge in [0.1, 0.15) is 6.16 Å². The second-order valence-corrected chi connectivity index (χ2v) is 22.2. The molecule has 0 aliphatic rings. The molecule has 0 heterocycles. The molecular weight excluding hydrogens is 764 g/mol. The van der Waals surface area contributed by atoms with Gasteiger partial charge in [0.25, 0.3) is 0 Å². The van der Waals surface area contributed by atoms with Crippen LogP contribution in [0.15, 0.2) is 182 Å². The van der Waals surface area contributed by atoms with Gasteiger partial charge < -0.3 is 0 Å². The molecule has 0 saturated heterocycles. The summed E-state index contributed by atoms with van der Waals surface area (Å²) >= 11 is 0. The summed E-state index contributed by atoms with van der Waals surface area (Å²) in [4.78, 5) is 0. The van der Waals surface area contributed by atoms with E-state index in [2.05, 4.69) is 202 Å². The van der Waals surface area contributed by atoms with Crippen LogP contribution in [0.5, 0.6) is 0 Å². The number of rotatable bonds is 15. The van der Waals surface area contributed by atoms with Crippen LogP contribution in [-0.2, 0) is 31.3 Å². The van der Waals surface area contributed by atoms with Crippen LogP contribution in [0.25, 0.3) is 0 Å². The summed E-state index contributed by atoms with van der Waals surface area (Å²) in [7, 11) is -2.65. The van der Waals surface area contributed by atoms with Crippen molar-refractivity contribution in [1.82, 2.24) is 0 Å². The second-order valence-electron chi connectivity index (χ2n) is 11.7. The van der Waals surface area contributed by atoms with Crippen molar-refractivity contribution in [2.75, 3.05) is 37.0 Å². The monoisotopic (exact) mass is 809 g/mol. The predicted molar refractivity (Wildman–Crippen MR) is 229 cm³/mol. The Labute approximate surface area is 332 Å². The zero-order valence-corrected chi connectivity index (χ0v) is 34.8. The van der Waals surface area contributed by atoms with Crippen LogP contribution in [-0.4, -0.2) is 37.0 Å². The van der Waals surface area contributed by atoms with E-state index < -0.39 is 23.8 Å². The van der Waals surface area contributed by atoms with E-state index in [1.165, 1.54) is 58.2 Å². The molecule has 2 unspecified atom stereocenters. The van der Waals surface area contributed by atoms with Gasteiger partial charge in [-0.3, -0.25) is 0 Å². The van der Waals surface area contributed by atoms with Crippen molar-refractivity contribution in [2.24, 2.45) is 0 Å². The van der Waals surface area contributed by atoms with Crippen LogP contribution >= 0.6 is 31.7 Å². The minimum atomic E-state index is -0.837. The van der Waals surface area contributed by atoms with Crippen molar-refractivity contribution < 1.29 is 31.3 Å². The third kappa shape index (κ3) is 15.2. The maximum Gasteiger partial charge on any atom is 3.00 e. The van der Waals surface area contributed by atoms with Crippen molar-refractivity contribution in [3.05, 3.63) is 202 Å². The quantitative estimate of drug-likeness (QED) is 0.0575. The average Bonchev–Trinajstić information content (AvgIpc) is 3.25. The molecule has 3 nitrogen and oxygen atoms in total. The zero-order chi connectivity index (χ0) is 37.2. The Morgan fingerprint density at radius 2 is 0.604 bits per heavy atom. The summed E-state index contributed by atoms with van der Waals surface area (Å²) in [6.07, 6.45) is 7.90. The molecule has 0 spiro atoms. The molecule has 8 heteroatoms. The fourth-order valence-corrected chi connectivity index (χ4v) is 19.9. The Morgan fingerprint density at radius 3 is 0.943 bits per heavy atom. The molecule has 6 rings (SSSR count). The molecular formula is C45H45CrO3P4+6. The summed E-state index contributed by atoms with van der Waals surface area (Å²) in [5, 5.41) is 9.30. The number of benzene rings is 6. The van der Waals surface area contributed by atoms with Gasteiger partial charge in [-0.1, -0.05) is 133 Å². The van der Waals surface area contributed by atoms with Gasteiger partial charge in [0.2, 0.25) is 0 Å². The van der Waals surface area contributed by atoms with Crippen LogP contribution in [0.2, 0.25) is 0 Å². The van der Waals surface area contributed by atoms with E-state index >= 15 is 0 Å². The zero-order valence-electron chi connectivity index (χ0n) is 29.6. The van der Waals surface area contributed by atoms with Gasteiger partial charge in [-0.05, 0) is 67.1 Å². The molecule has 0 saturated carbocycles. The molecule has 0 bridgehead atoms. The average molecular weight is 810 g/mol. The van der Waals surface area contributed by atoms with E-state index in [0.29, 0.717) is 0 Å². The Kier molecular flexibility index (Phi) is 24.5. The SMILES string of the molecule is [C-]#[O+].[C-]#[O+].[C-]#[O+].[Cr+3].c1ccc(P(CC[PH+](CC[PH+](CC[PH+](c2ccccc2)c2ccccc2)c2ccccc2)c2ccccc2)c2ccccc2)cc1. The van der Waals surface area contributed by atoms with E-state index in [-0.39, 0.29) is 25.3 Å². The van der Waals surface area contributed by atoms with Gasteiger partial charge in [-0.2, -0.15) is 0 Å². The first-order valence-electron chi connectivity index (χ1n) is 17.1. The first-order valence-corrected chi connectivity index (χ1v) is 24.2. The Bertz CT molecular complexity index is 1620. The molecule has 0 amide bonds. The molecule has 0 aliphatic carbocycles. The molecule has 0 aromatic heterocycles. The van der Waals surface area contributed by atoms with Gasteiger partial charge >= 0.3 is 51.3 Å². The van der Waals surface area contributed by atoms with Crippen molar-refractivity contribution in [3.8, 4) is 0 Å². The van der Waals surface area contributed by atoms with Crippen LogP contribution in [0, 0.1) is 20.0 Å². The third-order valence-corrected chi connectivity index (χ3v) is 21.2. The molecule has 6 aromatic carbocycles. The van der Waals surface area contributed by atoms with Gasteiger partial charge in [0.15, 0.2) is 0 Å². The molecule has 0 aliphatic heterocycles. The second kappa shape index (κ2) is 28.3. The van der Waals surface area contributed by atoms with E-state index in [1.54, 1.807) is 10.6 Å². The van der Waals surface area contributed by atoms with E-state index in [4.69, 9.17) is 14.0 Å². The van der Waals surface area contributed by atoms with Gasteiger partial charge in [0, 0.05) is 22.0 Å². The number of hydrogen-bond acceptors (Lipinski definition) is 0. The van der Waals surface area contributed by atoms with Gasteiger partial charge in [-0.25, -0.2) is 0 Å². The Hall–Kier alpha value is -3.21. The molecule has 263 valence electrons. The van der Waals surface area contributed by atoms with Crippen molar-refractivity contribution in [3.63, 3.8) is 0 Å². The maximum absolute atomic E-state index is 7.50. The minimum absolute atomic E-state index is 0. The van der Waals surface area contributed by atoms with Crippen LogP contribution in [0.4, 0.5) is 0 Å². The van der Waals surface area contributed by atoms with Crippen molar-refractivity contribution in [2.45, 2.75) is 0 Å². The topological polar surface area (TPSA) is 59.7 Å². The van der Waals surface area contributed by atoms with E-state index in [9.17, 15) is 0 Å². The third-order valence-electron chi connectivity index (χ3n) is 8.79. The largest absolute Gasteiger partial charge is 3.00 e. The molecule has 6 aromatic rings. The Morgan fingerprint density at radius 1 is 0.340 bits per heavy atom. The summed E-state index contributed by atoms with van der Waals surface area (Å²) in [6, 6.07) is 68.3. The van der Waals surface area contributed by atoms with Gasteiger partial charge in [0.05, 0.1) is 53.8 Å². The standard InChI is InChI=1S/C42H42P4.3CO.Cr/c1-7-19-37(20-8-1)43(33-35-45(39-23-11-3-12-24-39)40-25-13-4-14-26-40)31-32-44(38-21-9-2-10-22-38)34-36-46(41-27-15-5-16-28-41)42-29-17-6-18-30-42;3*1-2;/h1-30H,31-36H2;;;;/q;;;;+3/p+3. The van der Waals surface area contributed by atoms with E-state index in [1.807, 2.05) is 0 Å². The fourth-order valence-electron chi connectivity index (χ4n) is 6.36. The Balaban J connectivity index is 0.00000132. The molecule has 2 atom stereocenters. The number of hydrogen-bond donors (Lipinski definition) is 0. The predicted octanol–water partition coefficient (Wildman–Crippen LogP) is 7.95. The summed E-state index contributed by atoms with van der Waals surface area (Å²) in [5.41, 5.74) is 0. The van der Waals surface area contributed by atoms with Crippen LogP contribution in [0.1, 0.15) is 0 Å². The summed E-state index contributed by atoms with van der Waals surface area (Å²) in [5.74, 6) is 0. The molecule has 1 radical (unpaired) electrons. The van der Waals surface area contributed by atoms with Crippen LogP contribution < -0.4 is 31.8 Å². The first kappa shape index (κ1) is 45.9. The van der Waals surface area contributed by atoms with Crippen LogP contribution in [0.3, 0.4) is 0 Å². The molecule has 0 fully saturated rings. The molecule has 0 N–H and O–H groups in total. The summed E-state index contributed by atoms with van der Waals surface area (Å²) in [6.45, 7) is 13.5. The smallest absolute Gasteiger partial charge is 0.0622 e.